The fourth-order valence-electron chi connectivity index (χ4n) is 7.11. The first kappa shape index (κ1) is 42.0. The normalized spacial score (nSPS) is 14.0. The summed E-state index contributed by atoms with van der Waals surface area (Å²) >= 11 is 0. The smallest absolute Gasteiger partial charge is 0.410 e. The summed E-state index contributed by atoms with van der Waals surface area (Å²) in [6, 6.07) is 18.1. The number of hydrogen-bond acceptors (Lipinski definition) is 12. The number of aryl methyl sites for hydroxylation is 1. The fraction of sp³-hybridized carbons (Fsp3) is 0.477. The minimum absolute atomic E-state index is 0.196. The molecule has 58 heavy (non-hydrogen) atoms. The maximum absolute atomic E-state index is 12.5. The Kier molecular flexibility index (Phi) is 13.6. The molecule has 0 saturated carbocycles. The van der Waals surface area contributed by atoms with Crippen LogP contribution in [0.2, 0.25) is 0 Å². The summed E-state index contributed by atoms with van der Waals surface area (Å²) in [7, 11) is 5.11. The third-order valence-corrected chi connectivity index (χ3v) is 10.3. The third kappa shape index (κ3) is 10.5. The Labute approximate surface area is 341 Å². The van der Waals surface area contributed by atoms with E-state index in [2.05, 4.69) is 16.7 Å². The zero-order valence-corrected chi connectivity index (χ0v) is 35.1. The number of imidazole rings is 1. The van der Waals surface area contributed by atoms with Crippen LogP contribution in [-0.2, 0) is 17.8 Å². The van der Waals surface area contributed by atoms with Crippen molar-refractivity contribution in [2.24, 2.45) is 5.92 Å². The molecule has 2 aromatic carbocycles. The Balaban J connectivity index is 1.26. The van der Waals surface area contributed by atoms with Crippen LogP contribution >= 0.6 is 0 Å². The minimum atomic E-state index is -1.08. The van der Waals surface area contributed by atoms with Gasteiger partial charge in [-0.05, 0) is 99.9 Å². The molecule has 5 aromatic rings. The van der Waals surface area contributed by atoms with Gasteiger partial charge in [0, 0.05) is 51.5 Å². The maximum atomic E-state index is 12.5. The molecule has 14 heteroatoms. The van der Waals surface area contributed by atoms with Gasteiger partial charge in [0.25, 0.3) is 0 Å². The number of methoxy groups -OCH3 is 2. The Bertz CT molecular complexity index is 2060. The highest BCUT2D eigenvalue weighted by Crippen LogP contribution is 2.32. The van der Waals surface area contributed by atoms with E-state index in [1.807, 2.05) is 82.3 Å². The van der Waals surface area contributed by atoms with Crippen molar-refractivity contribution in [1.82, 2.24) is 29.5 Å². The van der Waals surface area contributed by atoms with Gasteiger partial charge in [0.15, 0.2) is 11.5 Å². The predicted molar refractivity (Wildman–Crippen MR) is 224 cm³/mol. The molecule has 14 nitrogen and oxygen atoms in total. The predicted octanol–water partition coefficient (Wildman–Crippen LogP) is 7.40. The number of piperidine rings is 1. The van der Waals surface area contributed by atoms with Gasteiger partial charge in [0.1, 0.15) is 29.0 Å². The summed E-state index contributed by atoms with van der Waals surface area (Å²) in [5.41, 5.74) is 4.11. The van der Waals surface area contributed by atoms with Crippen molar-refractivity contribution in [3.8, 4) is 17.5 Å². The molecule has 0 aliphatic carbocycles. The second kappa shape index (κ2) is 18.8. The molecule has 1 unspecified atom stereocenters. The summed E-state index contributed by atoms with van der Waals surface area (Å²) in [5.74, 6) is 3.37. The van der Waals surface area contributed by atoms with Crippen molar-refractivity contribution in [2.75, 3.05) is 57.3 Å². The molecule has 4 heterocycles. The van der Waals surface area contributed by atoms with Gasteiger partial charge in [-0.3, -0.25) is 0 Å². The van der Waals surface area contributed by atoms with Gasteiger partial charge in [-0.15, -0.1) is 5.10 Å². The third-order valence-electron chi connectivity index (χ3n) is 10.3. The Morgan fingerprint density at radius 3 is 2.12 bits per heavy atom. The van der Waals surface area contributed by atoms with Gasteiger partial charge in [0.05, 0.1) is 32.7 Å². The van der Waals surface area contributed by atoms with Crippen LogP contribution in [0, 0.1) is 12.8 Å². The van der Waals surface area contributed by atoms with Crippen molar-refractivity contribution in [3.63, 3.8) is 0 Å². The number of unbranched alkanes of at least 4 members (excludes halogenated alkanes) is 1. The van der Waals surface area contributed by atoms with E-state index in [1.165, 1.54) is 0 Å². The molecule has 1 saturated heterocycles. The summed E-state index contributed by atoms with van der Waals surface area (Å²) < 4.78 is 24.1. The number of pyridine rings is 1. The molecule has 310 valence electrons. The quantitative estimate of drug-likeness (QED) is 0.0997. The lowest BCUT2D eigenvalue weighted by atomic mass is 9.96. The second-order valence-electron chi connectivity index (χ2n) is 16.0. The Morgan fingerprint density at radius 2 is 1.57 bits per heavy atom. The lowest BCUT2D eigenvalue weighted by Gasteiger charge is -2.35. The molecule has 1 aliphatic rings. The van der Waals surface area contributed by atoms with Crippen LogP contribution in [0.3, 0.4) is 0 Å². The first-order valence-electron chi connectivity index (χ1n) is 20.1. The average Bonchev–Trinajstić information content (AvgIpc) is 3.64. The van der Waals surface area contributed by atoms with E-state index in [0.29, 0.717) is 54.9 Å². The first-order valence-corrected chi connectivity index (χ1v) is 20.1. The molecule has 1 N–H and O–H groups in total. The molecule has 1 fully saturated rings. The van der Waals surface area contributed by atoms with Crippen molar-refractivity contribution in [3.05, 3.63) is 94.9 Å². The number of anilines is 2. The number of benzene rings is 2. The van der Waals surface area contributed by atoms with E-state index in [9.17, 15) is 9.90 Å². The number of aromatic nitrogens is 5. The van der Waals surface area contributed by atoms with Gasteiger partial charge in [-0.1, -0.05) is 37.6 Å². The zero-order chi connectivity index (χ0) is 41.4. The summed E-state index contributed by atoms with van der Waals surface area (Å²) in [6.07, 6.45) is 5.66. The van der Waals surface area contributed by atoms with Gasteiger partial charge < -0.3 is 38.8 Å². The number of ether oxygens (including phenoxy) is 4. The number of aliphatic hydroxyl groups is 1. The average molecular weight is 795 g/mol. The van der Waals surface area contributed by atoms with E-state index in [-0.39, 0.29) is 12.1 Å². The van der Waals surface area contributed by atoms with Crippen LogP contribution < -0.4 is 24.0 Å². The van der Waals surface area contributed by atoms with Crippen molar-refractivity contribution in [1.29, 1.82) is 0 Å². The van der Waals surface area contributed by atoms with Crippen LogP contribution in [0.15, 0.2) is 67.0 Å². The standard InChI is InChI=1S/C44H58N8O6/c1-9-10-23-57-42-47-41(51(28-31-11-15-35(55-7)16-12-31)29-32-13-17-36(56-8)18-14-32)40-46-26-37(52(40)48-42)38(53)34-24-30(2)39(45-25-34)50-21-19-33(20-22-50)27-49(6)43(54)58-44(3,4)5/h11-18,24-26,33,38,53H,9-10,19-23,27-29H2,1-8H3. The highest BCUT2D eigenvalue weighted by Gasteiger charge is 2.28. The van der Waals surface area contributed by atoms with Crippen LogP contribution in [0.1, 0.15) is 87.4 Å². The summed E-state index contributed by atoms with van der Waals surface area (Å²) in [5, 5.41) is 16.7. The fourth-order valence-corrected chi connectivity index (χ4v) is 7.11. The van der Waals surface area contributed by atoms with Crippen LogP contribution in [0.5, 0.6) is 17.5 Å². The molecular weight excluding hydrogens is 737 g/mol. The van der Waals surface area contributed by atoms with Gasteiger partial charge in [-0.25, -0.2) is 19.3 Å². The van der Waals surface area contributed by atoms with Crippen LogP contribution in [0.25, 0.3) is 5.65 Å². The molecule has 6 rings (SSSR count). The van der Waals surface area contributed by atoms with Gasteiger partial charge >= 0.3 is 12.1 Å². The molecule has 1 amide bonds. The topological polar surface area (TPSA) is 140 Å². The van der Waals surface area contributed by atoms with Gasteiger partial charge in [0.2, 0.25) is 0 Å². The Morgan fingerprint density at radius 1 is 0.948 bits per heavy atom. The molecular formula is C44H58N8O6. The van der Waals surface area contributed by atoms with Crippen LogP contribution in [0.4, 0.5) is 16.4 Å². The van der Waals surface area contributed by atoms with Gasteiger partial charge in [-0.2, -0.15) is 4.98 Å². The maximum Gasteiger partial charge on any atom is 0.410 e. The molecule has 0 bridgehead atoms. The lowest BCUT2D eigenvalue weighted by molar-refractivity contribution is 0.0266. The first-order chi connectivity index (χ1) is 27.8. The van der Waals surface area contributed by atoms with E-state index >= 15 is 0 Å². The zero-order valence-electron chi connectivity index (χ0n) is 35.1. The number of amides is 1. The largest absolute Gasteiger partial charge is 0.497 e. The number of carbonyl (C=O) groups excluding carboxylic acids is 1. The van der Waals surface area contributed by atoms with E-state index in [0.717, 1.165) is 72.8 Å². The highest BCUT2D eigenvalue weighted by atomic mass is 16.6. The summed E-state index contributed by atoms with van der Waals surface area (Å²) in [6.45, 7) is 13.5. The molecule has 1 aliphatic heterocycles. The second-order valence-corrected chi connectivity index (χ2v) is 16.0. The van der Waals surface area contributed by atoms with E-state index in [4.69, 9.17) is 39.0 Å². The molecule has 0 spiro atoms. The number of hydrogen-bond donors (Lipinski definition) is 1. The van der Waals surface area contributed by atoms with Crippen LogP contribution in [-0.4, -0.2) is 93.8 Å². The Hall–Kier alpha value is -5.63. The highest BCUT2D eigenvalue weighted by molar-refractivity contribution is 5.68. The monoisotopic (exact) mass is 794 g/mol. The number of nitrogens with zero attached hydrogens (tertiary/aromatic N) is 8. The molecule has 3 aromatic heterocycles. The lowest BCUT2D eigenvalue weighted by Crippen LogP contribution is -2.41. The van der Waals surface area contributed by atoms with E-state index in [1.54, 1.807) is 43.1 Å². The van der Waals surface area contributed by atoms with E-state index < -0.39 is 11.7 Å². The van der Waals surface area contributed by atoms with Crippen molar-refractivity contribution >= 4 is 23.4 Å². The van der Waals surface area contributed by atoms with Crippen molar-refractivity contribution in [2.45, 2.75) is 85.1 Å². The number of carbonyl (C=O) groups is 1. The number of aliphatic hydroxyl groups excluding tert-OH is 1. The van der Waals surface area contributed by atoms with Crippen molar-refractivity contribution < 1.29 is 28.8 Å². The SMILES string of the molecule is CCCCOc1nc(N(Cc2ccc(OC)cc2)Cc2ccc(OC)cc2)c2ncc(C(O)c3cnc(N4CCC(CN(C)C(=O)OC(C)(C)C)CC4)c(C)c3)n2n1. The molecule has 1 atom stereocenters. The molecule has 0 radical (unpaired) electrons. The summed E-state index contributed by atoms with van der Waals surface area (Å²) in [4.78, 5) is 33.2. The minimum Gasteiger partial charge on any atom is -0.497 e. The number of rotatable bonds is 16. The number of fused-ring (bicyclic) bond motifs is 1.